The summed E-state index contributed by atoms with van der Waals surface area (Å²) in [6.45, 7) is 0. The number of benzene rings is 2. The van der Waals surface area contributed by atoms with Gasteiger partial charge in [0.2, 0.25) is 11.8 Å². The minimum atomic E-state index is -0.308. The largest absolute Gasteiger partial charge is 0.444 e. The van der Waals surface area contributed by atoms with Gasteiger partial charge in [-0.25, -0.2) is 14.4 Å². The summed E-state index contributed by atoms with van der Waals surface area (Å²) in [4.78, 5) is 8.91. The second-order valence-electron chi connectivity index (χ2n) is 5.66. The fraction of sp³-hybridized carbons (Fsp3) is 0.100. The third kappa shape index (κ3) is 3.86. The molecular weight excluding hydrogens is 351 g/mol. The van der Waals surface area contributed by atoms with Crippen LogP contribution in [0.3, 0.4) is 0 Å². The highest BCUT2D eigenvalue weighted by Gasteiger charge is 2.09. The van der Waals surface area contributed by atoms with E-state index in [-0.39, 0.29) is 5.82 Å². The van der Waals surface area contributed by atoms with Gasteiger partial charge in [-0.15, -0.1) is 11.8 Å². The van der Waals surface area contributed by atoms with E-state index in [1.165, 1.54) is 12.1 Å². The predicted octanol–water partition coefficient (Wildman–Crippen LogP) is 5.57. The van der Waals surface area contributed by atoms with Crippen LogP contribution in [0.4, 0.5) is 4.39 Å². The second-order valence-corrected chi connectivity index (χ2v) is 6.64. The molecular formula is C20H15FN2O2S. The van der Waals surface area contributed by atoms with Gasteiger partial charge in [-0.2, -0.15) is 0 Å². The van der Waals surface area contributed by atoms with E-state index in [1.54, 1.807) is 36.4 Å². The van der Waals surface area contributed by atoms with Crippen molar-refractivity contribution < 1.29 is 13.2 Å². The number of aromatic nitrogens is 2. The van der Waals surface area contributed by atoms with Crippen LogP contribution in [-0.4, -0.2) is 9.97 Å². The van der Waals surface area contributed by atoms with Gasteiger partial charge in [0.1, 0.15) is 18.3 Å². The average Bonchev–Trinajstić information content (AvgIpc) is 3.32. The van der Waals surface area contributed by atoms with E-state index in [0.717, 1.165) is 17.0 Å². The van der Waals surface area contributed by atoms with Gasteiger partial charge in [-0.05, 0) is 30.3 Å². The van der Waals surface area contributed by atoms with Gasteiger partial charge >= 0.3 is 0 Å². The zero-order valence-corrected chi connectivity index (χ0v) is 14.6. The summed E-state index contributed by atoms with van der Waals surface area (Å²) in [7, 11) is 0. The first-order chi connectivity index (χ1) is 12.8. The van der Waals surface area contributed by atoms with Gasteiger partial charge in [0, 0.05) is 22.6 Å². The third-order valence-corrected chi connectivity index (χ3v) is 4.70. The molecule has 0 aliphatic carbocycles. The number of hydrogen-bond donors (Lipinski definition) is 0. The molecule has 26 heavy (non-hydrogen) atoms. The molecule has 0 aliphatic heterocycles. The lowest BCUT2D eigenvalue weighted by Gasteiger charge is -1.96. The number of rotatable bonds is 6. The molecule has 0 unspecified atom stereocenters. The smallest absolute Gasteiger partial charge is 0.226 e. The van der Waals surface area contributed by atoms with E-state index in [4.69, 9.17) is 8.83 Å². The van der Waals surface area contributed by atoms with E-state index >= 15 is 0 Å². The summed E-state index contributed by atoms with van der Waals surface area (Å²) in [6, 6.07) is 16.0. The van der Waals surface area contributed by atoms with Crippen LogP contribution in [0.15, 0.2) is 76.0 Å². The van der Waals surface area contributed by atoms with Gasteiger partial charge in [-0.3, -0.25) is 0 Å². The van der Waals surface area contributed by atoms with Crippen molar-refractivity contribution in [3.63, 3.8) is 0 Å². The van der Waals surface area contributed by atoms with Crippen LogP contribution in [-0.2, 0) is 11.5 Å². The molecule has 0 radical (unpaired) electrons. The number of nitrogens with zero attached hydrogens (tertiary/aromatic N) is 2. The van der Waals surface area contributed by atoms with Crippen LogP contribution in [0.2, 0.25) is 0 Å². The Morgan fingerprint density at radius 1 is 0.769 bits per heavy atom. The Morgan fingerprint density at radius 2 is 1.38 bits per heavy atom. The van der Waals surface area contributed by atoms with Gasteiger partial charge in [0.15, 0.2) is 0 Å². The maximum absolute atomic E-state index is 13.3. The summed E-state index contributed by atoms with van der Waals surface area (Å²) in [5.41, 5.74) is 3.27. The molecule has 0 amide bonds. The molecule has 6 heteroatoms. The third-order valence-electron chi connectivity index (χ3n) is 3.70. The summed E-state index contributed by atoms with van der Waals surface area (Å²) in [6.07, 6.45) is 3.28. The first-order valence-corrected chi connectivity index (χ1v) is 9.21. The van der Waals surface area contributed by atoms with Gasteiger partial charge in [-0.1, -0.05) is 24.3 Å². The Balaban J connectivity index is 1.35. The lowest BCUT2D eigenvalue weighted by atomic mass is 10.2. The summed E-state index contributed by atoms with van der Waals surface area (Å²) in [5, 5.41) is 0. The van der Waals surface area contributed by atoms with Gasteiger partial charge in [0.25, 0.3) is 0 Å². The Bertz CT molecular complexity index is 998. The highest BCUT2D eigenvalue weighted by atomic mass is 32.2. The zero-order valence-electron chi connectivity index (χ0n) is 13.8. The molecule has 0 N–H and O–H groups in total. The van der Waals surface area contributed by atoms with Crippen LogP contribution in [0.5, 0.6) is 0 Å². The van der Waals surface area contributed by atoms with Gasteiger partial charge in [0.05, 0.1) is 11.4 Å². The van der Waals surface area contributed by atoms with Crippen LogP contribution >= 0.6 is 11.8 Å². The van der Waals surface area contributed by atoms with Crippen molar-refractivity contribution in [2.45, 2.75) is 11.5 Å². The quantitative estimate of drug-likeness (QED) is 0.446. The minimum absolute atomic E-state index is 0.308. The molecule has 0 atom stereocenters. The molecule has 0 spiro atoms. The highest BCUT2D eigenvalue weighted by Crippen LogP contribution is 2.24. The molecule has 0 saturated heterocycles. The molecule has 4 rings (SSSR count). The van der Waals surface area contributed by atoms with E-state index in [1.807, 2.05) is 30.3 Å². The van der Waals surface area contributed by atoms with Crippen molar-refractivity contribution in [2.24, 2.45) is 0 Å². The first kappa shape index (κ1) is 16.6. The fourth-order valence-corrected chi connectivity index (χ4v) is 3.26. The molecule has 0 saturated carbocycles. The Kier molecular flexibility index (Phi) is 4.84. The molecule has 2 aromatic carbocycles. The van der Waals surface area contributed by atoms with E-state index in [2.05, 4.69) is 9.97 Å². The van der Waals surface area contributed by atoms with Crippen molar-refractivity contribution >= 4 is 11.8 Å². The summed E-state index contributed by atoms with van der Waals surface area (Å²) < 4.78 is 24.3. The Morgan fingerprint density at radius 3 is 2.04 bits per heavy atom. The van der Waals surface area contributed by atoms with E-state index in [0.29, 0.717) is 28.9 Å². The van der Waals surface area contributed by atoms with Crippen molar-refractivity contribution in [2.75, 3.05) is 0 Å². The normalized spacial score (nSPS) is 11.0. The Labute approximate surface area is 154 Å². The highest BCUT2D eigenvalue weighted by molar-refractivity contribution is 7.97. The summed E-state index contributed by atoms with van der Waals surface area (Å²) >= 11 is 1.66. The van der Waals surface area contributed by atoms with Crippen LogP contribution < -0.4 is 0 Å². The average molecular weight is 366 g/mol. The van der Waals surface area contributed by atoms with Crippen molar-refractivity contribution in [1.29, 1.82) is 0 Å². The monoisotopic (exact) mass is 366 g/mol. The molecule has 4 nitrogen and oxygen atoms in total. The number of halogens is 1. The standard InChI is InChI=1S/C20H15FN2O2S/c21-16-8-4-7-15(9-16)20-23-18(11-25-20)13-26-12-17-10-24-19(22-17)14-5-2-1-3-6-14/h1-11H,12-13H2. The van der Waals surface area contributed by atoms with Crippen LogP contribution in [0, 0.1) is 5.82 Å². The predicted molar refractivity (Wildman–Crippen MR) is 98.8 cm³/mol. The Hall–Kier alpha value is -2.86. The molecule has 2 heterocycles. The van der Waals surface area contributed by atoms with E-state index in [9.17, 15) is 4.39 Å². The van der Waals surface area contributed by atoms with Crippen molar-refractivity contribution in [3.05, 3.63) is 84.3 Å². The minimum Gasteiger partial charge on any atom is -0.444 e. The topological polar surface area (TPSA) is 52.1 Å². The molecule has 4 aromatic rings. The number of thioether (sulfide) groups is 1. The molecule has 0 fully saturated rings. The van der Waals surface area contributed by atoms with Gasteiger partial charge < -0.3 is 8.83 Å². The molecule has 0 bridgehead atoms. The molecule has 0 aliphatic rings. The maximum atomic E-state index is 13.3. The van der Waals surface area contributed by atoms with Crippen molar-refractivity contribution in [1.82, 2.24) is 9.97 Å². The first-order valence-electron chi connectivity index (χ1n) is 8.06. The maximum Gasteiger partial charge on any atom is 0.226 e. The molecule has 130 valence electrons. The SMILES string of the molecule is Fc1cccc(-c2nc(CSCc3coc(-c4ccccc4)n3)co2)c1. The lowest BCUT2D eigenvalue weighted by Crippen LogP contribution is -1.86. The van der Waals surface area contributed by atoms with E-state index < -0.39 is 0 Å². The number of hydrogen-bond acceptors (Lipinski definition) is 5. The van der Waals surface area contributed by atoms with Crippen LogP contribution in [0.25, 0.3) is 22.9 Å². The lowest BCUT2D eigenvalue weighted by molar-refractivity contribution is 0.571. The van der Waals surface area contributed by atoms with Crippen molar-refractivity contribution in [3.8, 4) is 22.9 Å². The number of oxazole rings is 2. The van der Waals surface area contributed by atoms with Crippen LogP contribution in [0.1, 0.15) is 11.4 Å². The summed E-state index contributed by atoms with van der Waals surface area (Å²) in [5.74, 6) is 2.12. The molecule has 2 aromatic heterocycles. The fourth-order valence-electron chi connectivity index (χ4n) is 2.47. The second kappa shape index (κ2) is 7.58. The zero-order chi connectivity index (χ0) is 17.8.